The molecule has 0 saturated heterocycles. The molecular formula is C23H19ClN4O2. The number of ether oxygens (including phenoxy) is 2. The van der Waals surface area contributed by atoms with Crippen LogP contribution in [0.1, 0.15) is 5.56 Å². The normalized spacial score (nSPS) is 11.0. The van der Waals surface area contributed by atoms with Gasteiger partial charge in [-0.15, -0.1) is 0 Å². The maximum Gasteiger partial charge on any atom is 0.244 e. The Kier molecular flexibility index (Phi) is 5.77. The molecule has 1 N–H and O–H groups in total. The molecule has 0 aliphatic rings. The van der Waals surface area contributed by atoms with Gasteiger partial charge in [0, 0.05) is 16.0 Å². The second kappa shape index (κ2) is 8.80. The highest BCUT2D eigenvalue weighted by molar-refractivity contribution is 6.31. The molecule has 30 heavy (non-hydrogen) atoms. The van der Waals surface area contributed by atoms with Gasteiger partial charge in [0.15, 0.2) is 11.5 Å². The first kappa shape index (κ1) is 19.7. The molecule has 0 bridgehead atoms. The van der Waals surface area contributed by atoms with Crippen LogP contribution in [0.5, 0.6) is 11.5 Å². The number of halogens is 1. The first-order valence-electron chi connectivity index (χ1n) is 9.22. The van der Waals surface area contributed by atoms with Gasteiger partial charge in [0.1, 0.15) is 0 Å². The van der Waals surface area contributed by atoms with E-state index in [2.05, 4.69) is 20.5 Å². The Hall–Kier alpha value is -3.64. The third kappa shape index (κ3) is 4.18. The minimum atomic E-state index is 0.389. The lowest BCUT2D eigenvalue weighted by Gasteiger charge is -2.09. The molecule has 1 heterocycles. The minimum Gasteiger partial charge on any atom is -0.493 e. The van der Waals surface area contributed by atoms with E-state index in [1.54, 1.807) is 20.4 Å². The Bertz CT molecular complexity index is 1210. The lowest BCUT2D eigenvalue weighted by molar-refractivity contribution is 0.355. The zero-order valence-electron chi connectivity index (χ0n) is 16.5. The fourth-order valence-electron chi connectivity index (χ4n) is 3.06. The van der Waals surface area contributed by atoms with Crippen LogP contribution in [0, 0.1) is 0 Å². The second-order valence-corrected chi connectivity index (χ2v) is 6.84. The Labute approximate surface area is 179 Å². The highest BCUT2D eigenvalue weighted by atomic mass is 35.5. The number of methoxy groups -OCH3 is 2. The molecule has 0 amide bonds. The number of hydrogen-bond acceptors (Lipinski definition) is 6. The number of aromatic nitrogens is 2. The molecule has 0 saturated carbocycles. The van der Waals surface area contributed by atoms with E-state index in [9.17, 15) is 0 Å². The van der Waals surface area contributed by atoms with Crippen LogP contribution in [-0.4, -0.2) is 30.4 Å². The Morgan fingerprint density at radius 3 is 2.47 bits per heavy atom. The molecule has 0 radical (unpaired) electrons. The van der Waals surface area contributed by atoms with Gasteiger partial charge in [-0.05, 0) is 42.0 Å². The van der Waals surface area contributed by atoms with E-state index in [-0.39, 0.29) is 0 Å². The fraction of sp³-hybridized carbons (Fsp3) is 0.0870. The summed E-state index contributed by atoms with van der Waals surface area (Å²) >= 11 is 6.20. The molecule has 0 fully saturated rings. The lowest BCUT2D eigenvalue weighted by atomic mass is 10.1. The molecule has 4 rings (SSSR count). The predicted molar refractivity (Wildman–Crippen MR) is 121 cm³/mol. The van der Waals surface area contributed by atoms with Crippen molar-refractivity contribution in [3.05, 3.63) is 77.3 Å². The summed E-state index contributed by atoms with van der Waals surface area (Å²) in [5.41, 5.74) is 6.29. The first-order valence-corrected chi connectivity index (χ1v) is 9.59. The highest BCUT2D eigenvalue weighted by Gasteiger charge is 2.10. The van der Waals surface area contributed by atoms with Crippen molar-refractivity contribution in [1.29, 1.82) is 0 Å². The molecule has 0 spiro atoms. The van der Waals surface area contributed by atoms with Crippen molar-refractivity contribution in [3.63, 3.8) is 0 Å². The number of hydrogen-bond donors (Lipinski definition) is 1. The van der Waals surface area contributed by atoms with E-state index in [1.807, 2.05) is 66.7 Å². The molecule has 7 heteroatoms. The summed E-state index contributed by atoms with van der Waals surface area (Å²) in [5, 5.41) is 5.79. The molecule has 3 aromatic carbocycles. The van der Waals surface area contributed by atoms with E-state index in [4.69, 9.17) is 21.1 Å². The quantitative estimate of drug-likeness (QED) is 0.335. The van der Waals surface area contributed by atoms with E-state index in [0.717, 1.165) is 27.7 Å². The van der Waals surface area contributed by atoms with Crippen molar-refractivity contribution in [2.75, 3.05) is 19.6 Å². The van der Waals surface area contributed by atoms with Gasteiger partial charge in [-0.2, -0.15) is 5.10 Å². The number of anilines is 1. The number of hydrazone groups is 1. The van der Waals surface area contributed by atoms with Gasteiger partial charge in [0.05, 0.1) is 31.6 Å². The van der Waals surface area contributed by atoms with Gasteiger partial charge in [0.2, 0.25) is 5.95 Å². The van der Waals surface area contributed by atoms with Gasteiger partial charge in [-0.1, -0.05) is 41.9 Å². The first-order chi connectivity index (χ1) is 14.7. The Morgan fingerprint density at radius 2 is 1.70 bits per heavy atom. The van der Waals surface area contributed by atoms with E-state index in [1.165, 1.54) is 0 Å². The lowest BCUT2D eigenvalue weighted by Crippen LogP contribution is -2.00. The molecule has 4 aromatic rings. The van der Waals surface area contributed by atoms with Gasteiger partial charge >= 0.3 is 0 Å². The standard InChI is InChI=1S/C23H19ClN4O2/c1-29-20-11-8-15(12-21(20)30-2)14-25-28-23-26-19-10-9-17(24)13-18(19)22(27-23)16-6-4-3-5-7-16/h3-14H,1-2H3,(H,26,27,28)/b25-14-. The number of nitrogens with one attached hydrogen (secondary N) is 1. The average Bonchev–Trinajstić information content (AvgIpc) is 2.79. The summed E-state index contributed by atoms with van der Waals surface area (Å²) in [6.07, 6.45) is 1.67. The Morgan fingerprint density at radius 1 is 0.900 bits per heavy atom. The van der Waals surface area contributed by atoms with Gasteiger partial charge in [-0.3, -0.25) is 0 Å². The van der Waals surface area contributed by atoms with Crippen LogP contribution in [0.3, 0.4) is 0 Å². The van der Waals surface area contributed by atoms with Gasteiger partial charge < -0.3 is 9.47 Å². The summed E-state index contributed by atoms with van der Waals surface area (Å²) in [4.78, 5) is 9.22. The SMILES string of the molecule is COc1ccc(/C=N\Nc2nc(-c3ccccc3)c3cc(Cl)ccc3n2)cc1OC. The summed E-state index contributed by atoms with van der Waals surface area (Å²) in [6.45, 7) is 0. The van der Waals surface area contributed by atoms with Crippen molar-refractivity contribution in [2.24, 2.45) is 5.10 Å². The third-order valence-electron chi connectivity index (χ3n) is 4.49. The van der Waals surface area contributed by atoms with Crippen LogP contribution >= 0.6 is 11.6 Å². The van der Waals surface area contributed by atoms with E-state index < -0.39 is 0 Å². The van der Waals surface area contributed by atoms with Crippen LogP contribution in [0.15, 0.2) is 71.8 Å². The zero-order chi connectivity index (χ0) is 20.9. The number of benzene rings is 3. The van der Waals surface area contributed by atoms with Crippen LogP contribution in [0.25, 0.3) is 22.2 Å². The van der Waals surface area contributed by atoms with Crippen molar-refractivity contribution in [1.82, 2.24) is 9.97 Å². The van der Waals surface area contributed by atoms with Crippen LogP contribution in [0.2, 0.25) is 5.02 Å². The van der Waals surface area contributed by atoms with E-state index in [0.29, 0.717) is 22.5 Å². The predicted octanol–water partition coefficient (Wildman–Crippen LogP) is 5.41. The van der Waals surface area contributed by atoms with Crippen molar-refractivity contribution in [3.8, 4) is 22.8 Å². The van der Waals surface area contributed by atoms with Crippen LogP contribution < -0.4 is 14.9 Å². The highest BCUT2D eigenvalue weighted by Crippen LogP contribution is 2.29. The van der Waals surface area contributed by atoms with Crippen LogP contribution in [0.4, 0.5) is 5.95 Å². The van der Waals surface area contributed by atoms with Gasteiger partial charge in [-0.25, -0.2) is 15.4 Å². The topological polar surface area (TPSA) is 68.6 Å². The molecule has 0 unspecified atom stereocenters. The smallest absolute Gasteiger partial charge is 0.244 e. The largest absolute Gasteiger partial charge is 0.493 e. The summed E-state index contributed by atoms with van der Waals surface area (Å²) in [5.74, 6) is 1.68. The summed E-state index contributed by atoms with van der Waals surface area (Å²) < 4.78 is 10.6. The minimum absolute atomic E-state index is 0.389. The molecule has 1 aromatic heterocycles. The molecule has 0 atom stereocenters. The van der Waals surface area contributed by atoms with Gasteiger partial charge in [0.25, 0.3) is 0 Å². The average molecular weight is 419 g/mol. The maximum atomic E-state index is 6.20. The maximum absolute atomic E-state index is 6.20. The van der Waals surface area contributed by atoms with Crippen molar-refractivity contribution in [2.45, 2.75) is 0 Å². The fourth-order valence-corrected chi connectivity index (χ4v) is 3.24. The summed E-state index contributed by atoms with van der Waals surface area (Å²) in [7, 11) is 3.19. The van der Waals surface area contributed by atoms with Crippen molar-refractivity contribution >= 4 is 34.7 Å². The van der Waals surface area contributed by atoms with E-state index >= 15 is 0 Å². The number of nitrogens with zero attached hydrogens (tertiary/aromatic N) is 3. The molecular weight excluding hydrogens is 400 g/mol. The molecule has 150 valence electrons. The van der Waals surface area contributed by atoms with Crippen LogP contribution in [-0.2, 0) is 0 Å². The second-order valence-electron chi connectivity index (χ2n) is 6.41. The Balaban J connectivity index is 1.67. The molecule has 6 nitrogen and oxygen atoms in total. The molecule has 0 aliphatic carbocycles. The zero-order valence-corrected chi connectivity index (χ0v) is 17.2. The third-order valence-corrected chi connectivity index (χ3v) is 4.73. The summed E-state index contributed by atoms with van der Waals surface area (Å²) in [6, 6.07) is 21.0. The van der Waals surface area contributed by atoms with Crippen molar-refractivity contribution < 1.29 is 9.47 Å². The monoisotopic (exact) mass is 418 g/mol. The molecule has 0 aliphatic heterocycles. The number of rotatable bonds is 6. The number of fused-ring (bicyclic) bond motifs is 1.